The lowest BCUT2D eigenvalue weighted by molar-refractivity contribution is -0.147. The van der Waals surface area contributed by atoms with Crippen molar-refractivity contribution < 1.29 is 24.2 Å². The molecule has 7 heteroatoms. The van der Waals surface area contributed by atoms with Gasteiger partial charge < -0.3 is 24.8 Å². The Morgan fingerprint density at radius 1 is 1.33 bits per heavy atom. The number of rotatable bonds is 1. The molecule has 3 aliphatic heterocycles. The Kier molecular flexibility index (Phi) is 3.60. The first kappa shape index (κ1) is 15.3. The van der Waals surface area contributed by atoms with Gasteiger partial charge in [-0.25, -0.2) is 0 Å². The van der Waals surface area contributed by atoms with Crippen molar-refractivity contribution in [1.29, 1.82) is 0 Å². The summed E-state index contributed by atoms with van der Waals surface area (Å²) in [7, 11) is 0. The largest absolute Gasteiger partial charge is 0.454 e. The molecule has 1 spiro atoms. The number of likely N-dealkylation sites (tertiary alicyclic amines) is 1. The molecule has 4 rings (SSSR count). The average molecular weight is 332 g/mol. The van der Waals surface area contributed by atoms with E-state index in [9.17, 15) is 14.7 Å². The second kappa shape index (κ2) is 5.66. The molecule has 7 nitrogen and oxygen atoms in total. The van der Waals surface area contributed by atoms with Gasteiger partial charge in [-0.3, -0.25) is 9.59 Å². The quantitative estimate of drug-likeness (QED) is 0.783. The summed E-state index contributed by atoms with van der Waals surface area (Å²) < 4.78 is 10.6. The summed E-state index contributed by atoms with van der Waals surface area (Å²) in [6, 6.07) is 5.09. The van der Waals surface area contributed by atoms with Gasteiger partial charge in [-0.15, -0.1) is 0 Å². The summed E-state index contributed by atoms with van der Waals surface area (Å²) in [4.78, 5) is 26.9. The number of fused-ring (bicyclic) bond motifs is 1. The van der Waals surface area contributed by atoms with E-state index in [0.29, 0.717) is 43.0 Å². The molecule has 1 aromatic rings. The zero-order chi connectivity index (χ0) is 16.7. The fraction of sp³-hybridized carbons (Fsp3) is 0.529. The Hall–Kier alpha value is -2.28. The Bertz CT molecular complexity index is 692. The molecule has 0 aromatic heterocycles. The van der Waals surface area contributed by atoms with E-state index in [1.807, 2.05) is 0 Å². The lowest BCUT2D eigenvalue weighted by Gasteiger charge is -2.46. The van der Waals surface area contributed by atoms with Gasteiger partial charge in [0.15, 0.2) is 11.5 Å². The Labute approximate surface area is 139 Å². The smallest absolute Gasteiger partial charge is 0.254 e. The maximum absolute atomic E-state index is 12.9. The third-order valence-electron chi connectivity index (χ3n) is 5.23. The van der Waals surface area contributed by atoms with Crippen LogP contribution in [0.25, 0.3) is 0 Å². The van der Waals surface area contributed by atoms with Crippen molar-refractivity contribution >= 4 is 11.8 Å². The number of nitrogens with one attached hydrogen (secondary N) is 1. The normalized spacial score (nSPS) is 28.8. The van der Waals surface area contributed by atoms with Crippen LogP contribution in [-0.2, 0) is 4.79 Å². The van der Waals surface area contributed by atoms with Crippen molar-refractivity contribution in [2.45, 2.75) is 25.4 Å². The molecule has 1 aromatic carbocycles. The molecule has 0 unspecified atom stereocenters. The van der Waals surface area contributed by atoms with Crippen molar-refractivity contribution in [2.24, 2.45) is 5.41 Å². The molecule has 0 bridgehead atoms. The maximum Gasteiger partial charge on any atom is 0.254 e. The third-order valence-corrected chi connectivity index (χ3v) is 5.23. The highest BCUT2D eigenvalue weighted by molar-refractivity contribution is 5.96. The molecule has 24 heavy (non-hydrogen) atoms. The lowest BCUT2D eigenvalue weighted by Crippen LogP contribution is -2.62. The van der Waals surface area contributed by atoms with Gasteiger partial charge in [-0.05, 0) is 37.5 Å². The zero-order valence-corrected chi connectivity index (χ0v) is 13.3. The van der Waals surface area contributed by atoms with Gasteiger partial charge in [0.25, 0.3) is 5.91 Å². The highest BCUT2D eigenvalue weighted by atomic mass is 16.7. The van der Waals surface area contributed by atoms with Gasteiger partial charge >= 0.3 is 0 Å². The maximum atomic E-state index is 12.9. The minimum absolute atomic E-state index is 0.149. The Morgan fingerprint density at radius 3 is 3.00 bits per heavy atom. The van der Waals surface area contributed by atoms with Gasteiger partial charge in [0.05, 0.1) is 11.5 Å². The van der Waals surface area contributed by atoms with Crippen LogP contribution in [0, 0.1) is 5.41 Å². The number of piperidine rings is 2. The minimum Gasteiger partial charge on any atom is -0.454 e. The topological polar surface area (TPSA) is 88.1 Å². The summed E-state index contributed by atoms with van der Waals surface area (Å²) >= 11 is 0. The van der Waals surface area contributed by atoms with Gasteiger partial charge in [-0.2, -0.15) is 0 Å². The second-order valence-corrected chi connectivity index (χ2v) is 6.61. The fourth-order valence-electron chi connectivity index (χ4n) is 3.83. The number of hydrogen-bond acceptors (Lipinski definition) is 5. The van der Waals surface area contributed by atoms with Crippen LogP contribution < -0.4 is 14.8 Å². The summed E-state index contributed by atoms with van der Waals surface area (Å²) in [5, 5.41) is 13.2. The van der Waals surface area contributed by atoms with Gasteiger partial charge in [-0.1, -0.05) is 0 Å². The summed E-state index contributed by atoms with van der Waals surface area (Å²) in [6.45, 7) is 1.46. The highest BCUT2D eigenvalue weighted by Crippen LogP contribution is 2.38. The van der Waals surface area contributed by atoms with Crippen LogP contribution >= 0.6 is 0 Å². The molecule has 2 atom stereocenters. The fourth-order valence-corrected chi connectivity index (χ4v) is 3.83. The lowest BCUT2D eigenvalue weighted by atomic mass is 9.71. The SMILES string of the molecule is O=C(c1ccc2c(c1)OCO2)N1CC[C@@H](O)[C@@]2(CCCNC2=O)C1. The monoisotopic (exact) mass is 332 g/mol. The first-order chi connectivity index (χ1) is 11.6. The number of carbonyl (C=O) groups is 2. The summed E-state index contributed by atoms with van der Waals surface area (Å²) in [5.74, 6) is 0.883. The number of aliphatic hydroxyl groups is 1. The molecular weight excluding hydrogens is 312 g/mol. The minimum atomic E-state index is -0.886. The predicted molar refractivity (Wildman–Crippen MR) is 83.8 cm³/mol. The molecule has 0 aliphatic carbocycles. The number of hydrogen-bond donors (Lipinski definition) is 2. The highest BCUT2D eigenvalue weighted by Gasteiger charge is 2.50. The van der Waals surface area contributed by atoms with E-state index in [1.165, 1.54) is 0 Å². The third kappa shape index (κ3) is 2.31. The molecule has 2 N–H and O–H groups in total. The van der Waals surface area contributed by atoms with E-state index in [2.05, 4.69) is 5.32 Å². The molecular formula is C17H20N2O5. The van der Waals surface area contributed by atoms with Crippen LogP contribution in [-0.4, -0.2) is 54.4 Å². The first-order valence-corrected chi connectivity index (χ1v) is 8.25. The van der Waals surface area contributed by atoms with Crippen molar-refractivity contribution in [3.05, 3.63) is 23.8 Å². The molecule has 0 saturated carbocycles. The Morgan fingerprint density at radius 2 is 2.17 bits per heavy atom. The number of aliphatic hydroxyl groups excluding tert-OH is 1. The van der Waals surface area contributed by atoms with E-state index in [4.69, 9.17) is 9.47 Å². The molecule has 128 valence electrons. The van der Waals surface area contributed by atoms with Gasteiger partial charge in [0.2, 0.25) is 12.7 Å². The van der Waals surface area contributed by atoms with Crippen molar-refractivity contribution in [3.63, 3.8) is 0 Å². The van der Waals surface area contributed by atoms with Crippen LogP contribution in [0.1, 0.15) is 29.6 Å². The van der Waals surface area contributed by atoms with Crippen LogP contribution in [0.2, 0.25) is 0 Å². The van der Waals surface area contributed by atoms with E-state index < -0.39 is 11.5 Å². The van der Waals surface area contributed by atoms with E-state index in [0.717, 1.165) is 6.42 Å². The van der Waals surface area contributed by atoms with Crippen LogP contribution in [0.15, 0.2) is 18.2 Å². The van der Waals surface area contributed by atoms with E-state index in [-0.39, 0.29) is 25.2 Å². The number of nitrogens with zero attached hydrogens (tertiary/aromatic N) is 1. The van der Waals surface area contributed by atoms with Gasteiger partial charge in [0.1, 0.15) is 0 Å². The van der Waals surface area contributed by atoms with Crippen molar-refractivity contribution in [3.8, 4) is 11.5 Å². The van der Waals surface area contributed by atoms with Crippen molar-refractivity contribution in [2.75, 3.05) is 26.4 Å². The number of benzene rings is 1. The molecule has 2 fully saturated rings. The van der Waals surface area contributed by atoms with Crippen molar-refractivity contribution in [1.82, 2.24) is 10.2 Å². The van der Waals surface area contributed by atoms with Crippen LogP contribution in [0.4, 0.5) is 0 Å². The van der Waals surface area contributed by atoms with Crippen LogP contribution in [0.3, 0.4) is 0 Å². The van der Waals surface area contributed by atoms with E-state index in [1.54, 1.807) is 23.1 Å². The average Bonchev–Trinajstić information content (AvgIpc) is 3.06. The number of ether oxygens (including phenoxy) is 2. The molecule has 2 amide bonds. The molecule has 2 saturated heterocycles. The predicted octanol–water partition coefficient (Wildman–Crippen LogP) is 0.518. The van der Waals surface area contributed by atoms with E-state index >= 15 is 0 Å². The van der Waals surface area contributed by atoms with Crippen LogP contribution in [0.5, 0.6) is 11.5 Å². The standard InChI is InChI=1S/C17H20N2O5/c20-14-4-7-19(9-17(14)5-1-6-18-16(17)22)15(21)11-2-3-12-13(8-11)24-10-23-12/h2-3,8,14,20H,1,4-7,9-10H2,(H,18,22)/t14-,17-/m1/s1. The molecule has 3 heterocycles. The molecule has 3 aliphatic rings. The summed E-state index contributed by atoms with van der Waals surface area (Å²) in [5.41, 5.74) is -0.385. The molecule has 0 radical (unpaired) electrons. The summed E-state index contributed by atoms with van der Waals surface area (Å²) in [6.07, 6.45) is 1.11. The first-order valence-electron chi connectivity index (χ1n) is 8.25. The second-order valence-electron chi connectivity index (χ2n) is 6.61. The number of amides is 2. The number of carbonyl (C=O) groups excluding carboxylic acids is 2. The Balaban J connectivity index is 1.58. The zero-order valence-electron chi connectivity index (χ0n) is 13.3. The van der Waals surface area contributed by atoms with Gasteiger partial charge in [0, 0.05) is 25.2 Å².